The molecule has 1 aliphatic rings. The van der Waals surface area contributed by atoms with Gasteiger partial charge in [-0.1, -0.05) is 0 Å². The van der Waals surface area contributed by atoms with Gasteiger partial charge in [0.1, 0.15) is 17.8 Å². The summed E-state index contributed by atoms with van der Waals surface area (Å²) in [7, 11) is 0. The van der Waals surface area contributed by atoms with E-state index in [0.29, 0.717) is 6.07 Å². The maximum Gasteiger partial charge on any atom is 0.257 e. The number of hydrogen-bond acceptors (Lipinski definition) is 1. The van der Waals surface area contributed by atoms with Crippen LogP contribution in [-0.4, -0.2) is 30.1 Å². The summed E-state index contributed by atoms with van der Waals surface area (Å²) in [6, 6.07) is 1.70. The number of likely N-dealkylation sites (tertiary alicyclic amines) is 1. The highest BCUT2D eigenvalue weighted by Gasteiger charge is 2.32. The predicted molar refractivity (Wildman–Crippen MR) is 54.9 cm³/mol. The molecule has 0 unspecified atom stereocenters. The lowest BCUT2D eigenvalue weighted by molar-refractivity contribution is 0.0395. The first-order valence-corrected chi connectivity index (χ1v) is 5.36. The van der Waals surface area contributed by atoms with Gasteiger partial charge in [0.2, 0.25) is 0 Å². The monoisotopic (exact) mass is 293 g/mol. The van der Waals surface area contributed by atoms with E-state index in [1.807, 2.05) is 0 Å². The van der Waals surface area contributed by atoms with Crippen LogP contribution in [0, 0.1) is 11.6 Å². The molecular formula is C10H7BrF3NO. The van der Waals surface area contributed by atoms with Gasteiger partial charge >= 0.3 is 0 Å². The van der Waals surface area contributed by atoms with Gasteiger partial charge in [-0.25, -0.2) is 13.2 Å². The molecule has 1 heterocycles. The largest absolute Gasteiger partial charge is 0.333 e. The normalized spacial score (nSPS) is 16.1. The van der Waals surface area contributed by atoms with Crippen LogP contribution in [0.15, 0.2) is 16.6 Å². The highest BCUT2D eigenvalue weighted by molar-refractivity contribution is 9.10. The Balaban J connectivity index is 2.27. The van der Waals surface area contributed by atoms with Gasteiger partial charge in [0.15, 0.2) is 0 Å². The van der Waals surface area contributed by atoms with Crippen LogP contribution in [0.2, 0.25) is 0 Å². The van der Waals surface area contributed by atoms with Crippen molar-refractivity contribution >= 4 is 21.8 Å². The fourth-order valence-electron chi connectivity index (χ4n) is 1.45. The zero-order chi connectivity index (χ0) is 11.9. The molecule has 0 saturated carbocycles. The summed E-state index contributed by atoms with van der Waals surface area (Å²) < 4.78 is 38.7. The molecule has 0 aliphatic carbocycles. The average molecular weight is 294 g/mol. The first-order chi connectivity index (χ1) is 7.49. The lowest BCUT2D eigenvalue weighted by Gasteiger charge is -2.34. The van der Waals surface area contributed by atoms with E-state index in [0.717, 1.165) is 6.07 Å². The Bertz CT molecular complexity index is 446. The Morgan fingerprint density at radius 3 is 2.50 bits per heavy atom. The number of rotatable bonds is 1. The third-order valence-electron chi connectivity index (χ3n) is 2.36. The maximum absolute atomic E-state index is 13.3. The van der Waals surface area contributed by atoms with Gasteiger partial charge in [-0.05, 0) is 22.0 Å². The van der Waals surface area contributed by atoms with Gasteiger partial charge in [-0.3, -0.25) is 4.79 Å². The van der Waals surface area contributed by atoms with E-state index in [9.17, 15) is 18.0 Å². The van der Waals surface area contributed by atoms with Crippen molar-refractivity contribution in [1.29, 1.82) is 0 Å². The molecule has 0 aromatic heterocycles. The summed E-state index contributed by atoms with van der Waals surface area (Å²) in [5, 5.41) is 0. The number of benzene rings is 1. The first-order valence-electron chi connectivity index (χ1n) is 4.57. The molecule has 16 heavy (non-hydrogen) atoms. The quantitative estimate of drug-likeness (QED) is 0.729. The van der Waals surface area contributed by atoms with E-state index in [1.165, 1.54) is 4.90 Å². The van der Waals surface area contributed by atoms with Crippen molar-refractivity contribution in [1.82, 2.24) is 4.90 Å². The second-order valence-corrected chi connectivity index (χ2v) is 4.41. The number of carbonyl (C=O) groups is 1. The number of carbonyl (C=O) groups excluding carboxylic acids is 1. The Kier molecular flexibility index (Phi) is 2.92. The van der Waals surface area contributed by atoms with E-state index in [2.05, 4.69) is 15.9 Å². The van der Waals surface area contributed by atoms with E-state index in [4.69, 9.17) is 0 Å². The van der Waals surface area contributed by atoms with Gasteiger partial charge in [0.05, 0.1) is 23.1 Å². The summed E-state index contributed by atoms with van der Waals surface area (Å²) in [4.78, 5) is 12.8. The van der Waals surface area contributed by atoms with Crippen LogP contribution >= 0.6 is 15.9 Å². The molecule has 1 aromatic rings. The van der Waals surface area contributed by atoms with Crippen molar-refractivity contribution in [3.8, 4) is 0 Å². The Labute approximate surface area is 98.2 Å². The molecule has 1 aliphatic heterocycles. The molecule has 2 rings (SSSR count). The molecule has 1 fully saturated rings. The molecule has 1 saturated heterocycles. The van der Waals surface area contributed by atoms with E-state index < -0.39 is 23.7 Å². The van der Waals surface area contributed by atoms with Crippen molar-refractivity contribution in [2.45, 2.75) is 6.17 Å². The van der Waals surface area contributed by atoms with Gasteiger partial charge in [0, 0.05) is 6.07 Å². The van der Waals surface area contributed by atoms with Crippen molar-refractivity contribution in [3.63, 3.8) is 0 Å². The number of halogens is 4. The smallest absolute Gasteiger partial charge is 0.257 e. The second kappa shape index (κ2) is 4.08. The van der Waals surface area contributed by atoms with Crippen LogP contribution in [0.4, 0.5) is 13.2 Å². The van der Waals surface area contributed by atoms with Crippen LogP contribution in [0.5, 0.6) is 0 Å². The summed E-state index contributed by atoms with van der Waals surface area (Å²) in [5.74, 6) is -2.33. The summed E-state index contributed by atoms with van der Waals surface area (Å²) >= 11 is 2.86. The number of amides is 1. The molecule has 2 nitrogen and oxygen atoms in total. The Morgan fingerprint density at radius 1 is 1.31 bits per heavy atom. The third kappa shape index (κ3) is 1.93. The first kappa shape index (κ1) is 11.4. The highest BCUT2D eigenvalue weighted by atomic mass is 79.9. The summed E-state index contributed by atoms with van der Waals surface area (Å²) in [6.07, 6.45) is -1.05. The fraction of sp³-hybridized carbons (Fsp3) is 0.300. The Morgan fingerprint density at radius 2 is 1.94 bits per heavy atom. The van der Waals surface area contributed by atoms with Crippen molar-refractivity contribution in [2.75, 3.05) is 13.1 Å². The molecule has 1 aromatic carbocycles. The molecule has 0 radical (unpaired) electrons. The highest BCUT2D eigenvalue weighted by Crippen LogP contribution is 2.23. The zero-order valence-corrected chi connectivity index (χ0v) is 9.60. The topological polar surface area (TPSA) is 20.3 Å². The maximum atomic E-state index is 13.3. The van der Waals surface area contributed by atoms with Crippen LogP contribution in [-0.2, 0) is 0 Å². The van der Waals surface area contributed by atoms with E-state index >= 15 is 0 Å². The molecule has 0 atom stereocenters. The predicted octanol–water partition coefficient (Wildman–Crippen LogP) is 2.52. The average Bonchev–Trinajstić information content (AvgIpc) is 2.18. The number of hydrogen-bond donors (Lipinski definition) is 0. The van der Waals surface area contributed by atoms with Crippen molar-refractivity contribution in [2.24, 2.45) is 0 Å². The number of alkyl halides is 1. The minimum absolute atomic E-state index is 0.00886. The lowest BCUT2D eigenvalue weighted by atomic mass is 10.1. The van der Waals surface area contributed by atoms with Crippen molar-refractivity contribution < 1.29 is 18.0 Å². The fourth-order valence-corrected chi connectivity index (χ4v) is 1.79. The second-order valence-electron chi connectivity index (χ2n) is 3.55. The molecule has 6 heteroatoms. The SMILES string of the molecule is O=C(c1cc(Br)c(F)cc1F)N1CC(F)C1. The molecule has 1 amide bonds. The van der Waals surface area contributed by atoms with E-state index in [-0.39, 0.29) is 23.1 Å². The molecule has 0 spiro atoms. The van der Waals surface area contributed by atoms with Gasteiger partial charge in [0.25, 0.3) is 5.91 Å². The summed E-state index contributed by atoms with van der Waals surface area (Å²) in [5.41, 5.74) is -0.250. The third-order valence-corrected chi connectivity index (χ3v) is 2.97. The van der Waals surface area contributed by atoms with Gasteiger partial charge in [-0.15, -0.1) is 0 Å². The van der Waals surface area contributed by atoms with E-state index in [1.54, 1.807) is 0 Å². The molecule has 86 valence electrons. The van der Waals surface area contributed by atoms with Crippen LogP contribution in [0.3, 0.4) is 0 Å². The molecule has 0 N–H and O–H groups in total. The minimum atomic E-state index is -1.05. The Hall–Kier alpha value is -1.04. The number of nitrogens with zero attached hydrogens (tertiary/aromatic N) is 1. The van der Waals surface area contributed by atoms with Gasteiger partial charge in [-0.2, -0.15) is 0 Å². The molecule has 0 bridgehead atoms. The van der Waals surface area contributed by atoms with Gasteiger partial charge < -0.3 is 4.90 Å². The standard InChI is InChI=1S/C10H7BrF3NO/c11-7-1-6(8(13)2-9(7)14)10(16)15-3-5(12)4-15/h1-2,5H,3-4H2. The minimum Gasteiger partial charge on any atom is -0.333 e. The molecular weight excluding hydrogens is 287 g/mol. The lowest BCUT2D eigenvalue weighted by Crippen LogP contribution is -2.51. The van der Waals surface area contributed by atoms with Crippen LogP contribution < -0.4 is 0 Å². The van der Waals surface area contributed by atoms with Crippen molar-refractivity contribution in [3.05, 3.63) is 33.8 Å². The van der Waals surface area contributed by atoms with Crippen LogP contribution in [0.1, 0.15) is 10.4 Å². The summed E-state index contributed by atoms with van der Waals surface area (Å²) in [6.45, 7) is -0.0689. The zero-order valence-electron chi connectivity index (χ0n) is 8.01. The van der Waals surface area contributed by atoms with Crippen LogP contribution in [0.25, 0.3) is 0 Å².